The average molecular weight is 408 g/mol. The number of esters is 1. The van der Waals surface area contributed by atoms with Crippen LogP contribution >= 0.6 is 0 Å². The van der Waals surface area contributed by atoms with Gasteiger partial charge in [0.25, 0.3) is 11.8 Å². The zero-order valence-electron chi connectivity index (χ0n) is 17.9. The van der Waals surface area contributed by atoms with Crippen molar-refractivity contribution >= 4 is 23.5 Å². The van der Waals surface area contributed by atoms with Crippen molar-refractivity contribution in [2.75, 3.05) is 25.5 Å². The Morgan fingerprint density at radius 2 is 1.50 bits per heavy atom. The quantitative estimate of drug-likeness (QED) is 0.771. The lowest BCUT2D eigenvalue weighted by Crippen LogP contribution is -2.42. The predicted molar refractivity (Wildman–Crippen MR) is 116 cm³/mol. The zero-order chi connectivity index (χ0) is 21.8. The topological polar surface area (TPSA) is 75.7 Å². The van der Waals surface area contributed by atoms with Crippen molar-refractivity contribution < 1.29 is 19.1 Å². The van der Waals surface area contributed by atoms with E-state index in [9.17, 15) is 14.4 Å². The summed E-state index contributed by atoms with van der Waals surface area (Å²) in [6.45, 7) is 7.73. The monoisotopic (exact) mass is 408 g/mol. The molecule has 2 aromatic rings. The summed E-state index contributed by atoms with van der Waals surface area (Å²) >= 11 is 0. The third kappa shape index (κ3) is 4.87. The maximum atomic E-state index is 13.0. The maximum absolute atomic E-state index is 13.0. The third-order valence-electron chi connectivity index (χ3n) is 5.46. The molecule has 6 heteroatoms. The molecule has 0 spiro atoms. The summed E-state index contributed by atoms with van der Waals surface area (Å²) in [5, 5.41) is 2.88. The van der Waals surface area contributed by atoms with Gasteiger partial charge in [-0.05, 0) is 67.1 Å². The molecule has 0 saturated carbocycles. The van der Waals surface area contributed by atoms with E-state index in [0.717, 1.165) is 25.1 Å². The number of hydrogen-bond acceptors (Lipinski definition) is 4. The SMILES string of the molecule is COC(=O)c1ccc(C(=O)Nc2cc(C(=O)N3CC(C)CC(C)C3)ccc2C)cc1. The zero-order valence-corrected chi connectivity index (χ0v) is 17.9. The molecule has 1 saturated heterocycles. The molecule has 1 N–H and O–H groups in total. The Bertz CT molecular complexity index is 942. The first-order valence-corrected chi connectivity index (χ1v) is 10.2. The Hall–Kier alpha value is -3.15. The first-order valence-electron chi connectivity index (χ1n) is 10.2. The first kappa shape index (κ1) is 21.6. The van der Waals surface area contributed by atoms with Crippen LogP contribution in [0.4, 0.5) is 5.69 Å². The number of benzene rings is 2. The maximum Gasteiger partial charge on any atom is 0.337 e. The lowest BCUT2D eigenvalue weighted by atomic mass is 9.91. The summed E-state index contributed by atoms with van der Waals surface area (Å²) in [5.74, 6) is 0.196. The van der Waals surface area contributed by atoms with E-state index >= 15 is 0 Å². The van der Waals surface area contributed by atoms with Crippen LogP contribution in [0.1, 0.15) is 56.9 Å². The van der Waals surface area contributed by atoms with Gasteiger partial charge in [0.05, 0.1) is 12.7 Å². The number of aryl methyl sites for hydroxylation is 1. The minimum absolute atomic E-state index is 0.00803. The second-order valence-electron chi connectivity index (χ2n) is 8.21. The Labute approximate surface area is 177 Å². The molecule has 3 rings (SSSR count). The Morgan fingerprint density at radius 1 is 0.933 bits per heavy atom. The highest BCUT2D eigenvalue weighted by atomic mass is 16.5. The van der Waals surface area contributed by atoms with E-state index < -0.39 is 5.97 Å². The van der Waals surface area contributed by atoms with Crippen molar-refractivity contribution in [1.29, 1.82) is 0 Å². The van der Waals surface area contributed by atoms with E-state index in [1.165, 1.54) is 7.11 Å². The van der Waals surface area contributed by atoms with Gasteiger partial charge in [0, 0.05) is 29.9 Å². The second-order valence-corrected chi connectivity index (χ2v) is 8.21. The highest BCUT2D eigenvalue weighted by Gasteiger charge is 2.26. The van der Waals surface area contributed by atoms with E-state index in [-0.39, 0.29) is 11.8 Å². The van der Waals surface area contributed by atoms with Gasteiger partial charge in [-0.3, -0.25) is 9.59 Å². The second kappa shape index (κ2) is 9.11. The van der Waals surface area contributed by atoms with Crippen molar-refractivity contribution in [2.45, 2.75) is 27.2 Å². The summed E-state index contributed by atoms with van der Waals surface area (Å²) in [7, 11) is 1.31. The molecule has 6 nitrogen and oxygen atoms in total. The van der Waals surface area contributed by atoms with Crippen LogP contribution in [0.3, 0.4) is 0 Å². The number of anilines is 1. The minimum atomic E-state index is -0.453. The Balaban J connectivity index is 1.76. The third-order valence-corrected chi connectivity index (χ3v) is 5.46. The van der Waals surface area contributed by atoms with Gasteiger partial charge in [0.2, 0.25) is 0 Å². The summed E-state index contributed by atoms with van der Waals surface area (Å²) in [6, 6.07) is 11.6. The molecule has 1 aliphatic rings. The predicted octanol–water partition coefficient (Wildman–Crippen LogP) is 4.15. The molecule has 1 fully saturated rings. The van der Waals surface area contributed by atoms with Crippen molar-refractivity contribution in [3.8, 4) is 0 Å². The van der Waals surface area contributed by atoms with Crippen molar-refractivity contribution in [1.82, 2.24) is 4.90 Å². The van der Waals surface area contributed by atoms with Crippen LogP contribution in [-0.4, -0.2) is 42.9 Å². The average Bonchev–Trinajstić information content (AvgIpc) is 2.73. The van der Waals surface area contributed by atoms with Crippen LogP contribution in [0.15, 0.2) is 42.5 Å². The van der Waals surface area contributed by atoms with Gasteiger partial charge in [0.1, 0.15) is 0 Å². The number of carbonyl (C=O) groups is 3. The van der Waals surface area contributed by atoms with Crippen molar-refractivity contribution in [2.24, 2.45) is 11.8 Å². The molecule has 158 valence electrons. The Morgan fingerprint density at radius 3 is 2.10 bits per heavy atom. The highest BCUT2D eigenvalue weighted by molar-refractivity contribution is 6.06. The number of piperidine rings is 1. The largest absolute Gasteiger partial charge is 0.465 e. The molecule has 2 aromatic carbocycles. The van der Waals surface area contributed by atoms with Crippen LogP contribution in [0.25, 0.3) is 0 Å². The molecule has 0 aliphatic carbocycles. The van der Waals surface area contributed by atoms with E-state index in [0.29, 0.717) is 34.2 Å². The van der Waals surface area contributed by atoms with Crippen molar-refractivity contribution in [3.05, 3.63) is 64.7 Å². The van der Waals surface area contributed by atoms with Gasteiger partial charge in [-0.1, -0.05) is 19.9 Å². The van der Waals surface area contributed by atoms with Crippen LogP contribution in [0, 0.1) is 18.8 Å². The van der Waals surface area contributed by atoms with E-state index in [4.69, 9.17) is 0 Å². The lowest BCUT2D eigenvalue weighted by molar-refractivity contribution is 0.0598. The number of amides is 2. The smallest absolute Gasteiger partial charge is 0.337 e. The molecule has 2 atom stereocenters. The van der Waals surface area contributed by atoms with Crippen LogP contribution < -0.4 is 5.32 Å². The van der Waals surface area contributed by atoms with Crippen LogP contribution in [-0.2, 0) is 4.74 Å². The van der Waals surface area contributed by atoms with Crippen molar-refractivity contribution in [3.63, 3.8) is 0 Å². The molecular weight excluding hydrogens is 380 g/mol. The minimum Gasteiger partial charge on any atom is -0.465 e. The number of rotatable bonds is 4. The molecule has 0 radical (unpaired) electrons. The molecule has 0 bridgehead atoms. The van der Waals surface area contributed by atoms with Gasteiger partial charge in [-0.15, -0.1) is 0 Å². The lowest BCUT2D eigenvalue weighted by Gasteiger charge is -2.35. The highest BCUT2D eigenvalue weighted by Crippen LogP contribution is 2.24. The molecule has 0 aromatic heterocycles. The van der Waals surface area contributed by atoms with Gasteiger partial charge >= 0.3 is 5.97 Å². The summed E-state index contributed by atoms with van der Waals surface area (Å²) in [6.07, 6.45) is 1.13. The van der Waals surface area contributed by atoms with Gasteiger partial charge in [-0.25, -0.2) is 4.79 Å². The number of carbonyl (C=O) groups excluding carboxylic acids is 3. The van der Waals surface area contributed by atoms with E-state index in [1.807, 2.05) is 24.0 Å². The summed E-state index contributed by atoms with van der Waals surface area (Å²) in [5.41, 5.74) is 2.82. The first-order chi connectivity index (χ1) is 14.3. The number of nitrogens with zero attached hydrogens (tertiary/aromatic N) is 1. The van der Waals surface area contributed by atoms with Crippen LogP contribution in [0.2, 0.25) is 0 Å². The number of likely N-dealkylation sites (tertiary alicyclic amines) is 1. The molecule has 2 unspecified atom stereocenters. The van der Waals surface area contributed by atoms with Gasteiger partial charge in [0.15, 0.2) is 0 Å². The standard InChI is InChI=1S/C24H28N2O4/c1-15-11-16(2)14-26(13-15)23(28)20-6-5-17(3)21(12-20)25-22(27)18-7-9-19(10-8-18)24(29)30-4/h5-10,12,15-16H,11,13-14H2,1-4H3,(H,25,27). The fourth-order valence-electron chi connectivity index (χ4n) is 3.97. The number of hydrogen-bond donors (Lipinski definition) is 1. The van der Waals surface area contributed by atoms with Crippen LogP contribution in [0.5, 0.6) is 0 Å². The summed E-state index contributed by atoms with van der Waals surface area (Å²) in [4.78, 5) is 39.1. The fraction of sp³-hybridized carbons (Fsp3) is 0.375. The van der Waals surface area contributed by atoms with Gasteiger partial charge < -0.3 is 15.0 Å². The number of methoxy groups -OCH3 is 1. The molecule has 1 heterocycles. The number of nitrogens with one attached hydrogen (secondary N) is 1. The van der Waals surface area contributed by atoms with E-state index in [2.05, 4.69) is 23.9 Å². The van der Waals surface area contributed by atoms with Gasteiger partial charge in [-0.2, -0.15) is 0 Å². The molecular formula is C24H28N2O4. The van der Waals surface area contributed by atoms with E-state index in [1.54, 1.807) is 30.3 Å². The Kier molecular flexibility index (Phi) is 6.55. The normalized spacial score (nSPS) is 18.6. The molecule has 2 amide bonds. The molecule has 30 heavy (non-hydrogen) atoms. The fourth-order valence-corrected chi connectivity index (χ4v) is 3.97. The number of ether oxygens (including phenoxy) is 1. The molecule has 1 aliphatic heterocycles. The summed E-state index contributed by atoms with van der Waals surface area (Å²) < 4.78 is 4.67.